The lowest BCUT2D eigenvalue weighted by Gasteiger charge is -2.16. The average Bonchev–Trinajstić information content (AvgIpc) is 2.87. The Morgan fingerprint density at radius 2 is 1.64 bits per heavy atom. The van der Waals surface area contributed by atoms with Crippen LogP contribution in [0.5, 0.6) is 0 Å². The molecule has 136 valence electrons. The lowest BCUT2D eigenvalue weighted by Crippen LogP contribution is -2.37. The minimum Gasteiger partial charge on any atom is -0.456 e. The Morgan fingerprint density at radius 1 is 1.00 bits per heavy atom. The Bertz CT molecular complexity index is 592. The number of hydrogen-bond donors (Lipinski definition) is 1. The maximum absolute atomic E-state index is 12.8. The van der Waals surface area contributed by atoms with Crippen molar-refractivity contribution >= 4 is 17.7 Å². The number of rotatable bonds is 7. The summed E-state index contributed by atoms with van der Waals surface area (Å²) in [6, 6.07) is 5.31. The zero-order valence-electron chi connectivity index (χ0n) is 14.3. The summed E-state index contributed by atoms with van der Waals surface area (Å²) >= 11 is 0. The van der Waals surface area contributed by atoms with Gasteiger partial charge in [0.25, 0.3) is 5.91 Å². The zero-order chi connectivity index (χ0) is 18.1. The van der Waals surface area contributed by atoms with Crippen molar-refractivity contribution in [2.24, 2.45) is 0 Å². The van der Waals surface area contributed by atoms with Gasteiger partial charge in [0.1, 0.15) is 5.82 Å². The summed E-state index contributed by atoms with van der Waals surface area (Å²) in [5.41, 5.74) is 0.348. The van der Waals surface area contributed by atoms with E-state index in [2.05, 4.69) is 5.32 Å². The Hall–Kier alpha value is -2.24. The van der Waals surface area contributed by atoms with Gasteiger partial charge in [-0.2, -0.15) is 0 Å². The van der Waals surface area contributed by atoms with E-state index in [1.165, 1.54) is 37.1 Å². The summed E-state index contributed by atoms with van der Waals surface area (Å²) in [4.78, 5) is 35.4. The van der Waals surface area contributed by atoms with Crippen LogP contribution in [0.15, 0.2) is 24.3 Å². The standard InChI is InChI=1S/C19H24FNO4/c20-15-9-7-14(8-10-15)17(22)11-12-19(24)25-13-18(23)21-16-5-3-1-2-4-6-16/h7-10,16H,1-6,11-13H2,(H,21,23). The van der Waals surface area contributed by atoms with Gasteiger partial charge in [-0.1, -0.05) is 25.7 Å². The van der Waals surface area contributed by atoms with Crippen LogP contribution in [0.2, 0.25) is 0 Å². The smallest absolute Gasteiger partial charge is 0.306 e. The molecule has 1 saturated carbocycles. The van der Waals surface area contributed by atoms with E-state index in [4.69, 9.17) is 4.74 Å². The van der Waals surface area contributed by atoms with Gasteiger partial charge in [0.05, 0.1) is 6.42 Å². The number of carbonyl (C=O) groups excluding carboxylic acids is 3. The number of hydrogen-bond acceptors (Lipinski definition) is 4. The summed E-state index contributed by atoms with van der Waals surface area (Å²) in [6.07, 6.45) is 6.40. The van der Waals surface area contributed by atoms with E-state index in [-0.39, 0.29) is 37.2 Å². The number of Topliss-reactive ketones (excluding diaryl/α,β-unsaturated/α-hetero) is 1. The van der Waals surface area contributed by atoms with Crippen molar-refractivity contribution in [2.45, 2.75) is 57.4 Å². The molecule has 0 atom stereocenters. The van der Waals surface area contributed by atoms with E-state index >= 15 is 0 Å². The predicted octanol–water partition coefficient (Wildman–Crippen LogP) is 3.17. The molecule has 0 aliphatic heterocycles. The largest absolute Gasteiger partial charge is 0.456 e. The molecular weight excluding hydrogens is 325 g/mol. The Morgan fingerprint density at radius 3 is 2.28 bits per heavy atom. The fourth-order valence-corrected chi connectivity index (χ4v) is 2.91. The molecule has 1 aliphatic rings. The molecule has 6 heteroatoms. The van der Waals surface area contributed by atoms with Gasteiger partial charge in [-0.05, 0) is 37.1 Å². The number of halogens is 1. The first kappa shape index (κ1) is 19.1. The molecule has 0 aromatic heterocycles. The lowest BCUT2D eigenvalue weighted by atomic mass is 10.1. The van der Waals surface area contributed by atoms with Crippen molar-refractivity contribution < 1.29 is 23.5 Å². The van der Waals surface area contributed by atoms with Crippen LogP contribution in [-0.2, 0) is 14.3 Å². The third-order valence-corrected chi connectivity index (χ3v) is 4.31. The molecule has 0 heterocycles. The fourth-order valence-electron chi connectivity index (χ4n) is 2.91. The number of ether oxygens (including phenoxy) is 1. The first-order valence-corrected chi connectivity index (χ1v) is 8.78. The van der Waals surface area contributed by atoms with Crippen molar-refractivity contribution in [3.05, 3.63) is 35.6 Å². The third kappa shape index (κ3) is 7.03. The number of esters is 1. The second-order valence-electron chi connectivity index (χ2n) is 6.35. The summed E-state index contributed by atoms with van der Waals surface area (Å²) in [5, 5.41) is 2.89. The van der Waals surface area contributed by atoms with E-state index in [1.807, 2.05) is 0 Å². The maximum atomic E-state index is 12.8. The van der Waals surface area contributed by atoms with Gasteiger partial charge in [0, 0.05) is 18.0 Å². The molecule has 25 heavy (non-hydrogen) atoms. The first-order valence-electron chi connectivity index (χ1n) is 8.78. The molecule has 0 bridgehead atoms. The van der Waals surface area contributed by atoms with Crippen molar-refractivity contribution in [2.75, 3.05) is 6.61 Å². The van der Waals surface area contributed by atoms with Crippen LogP contribution in [0.3, 0.4) is 0 Å². The highest BCUT2D eigenvalue weighted by atomic mass is 19.1. The normalized spacial score (nSPS) is 15.2. The highest BCUT2D eigenvalue weighted by Crippen LogP contribution is 2.17. The Kier molecular flexibility index (Phi) is 7.57. The highest BCUT2D eigenvalue weighted by molar-refractivity contribution is 5.97. The van der Waals surface area contributed by atoms with Gasteiger partial charge in [-0.25, -0.2) is 4.39 Å². The molecular formula is C19H24FNO4. The van der Waals surface area contributed by atoms with E-state index in [0.717, 1.165) is 25.7 Å². The van der Waals surface area contributed by atoms with Crippen molar-refractivity contribution in [1.29, 1.82) is 0 Å². The molecule has 1 aromatic carbocycles. The van der Waals surface area contributed by atoms with Crippen LogP contribution in [0, 0.1) is 5.82 Å². The van der Waals surface area contributed by atoms with Crippen LogP contribution >= 0.6 is 0 Å². The molecule has 1 fully saturated rings. The van der Waals surface area contributed by atoms with E-state index in [1.54, 1.807) is 0 Å². The molecule has 1 N–H and O–H groups in total. The van der Waals surface area contributed by atoms with Gasteiger partial charge in [-0.3, -0.25) is 14.4 Å². The molecule has 0 spiro atoms. The van der Waals surface area contributed by atoms with Gasteiger partial charge in [0.15, 0.2) is 12.4 Å². The summed E-state index contributed by atoms with van der Waals surface area (Å²) in [6.45, 7) is -0.319. The minimum atomic E-state index is -0.591. The SMILES string of the molecule is O=C(COC(=O)CCC(=O)c1ccc(F)cc1)NC1CCCCCC1. The number of benzene rings is 1. The van der Waals surface area contributed by atoms with Gasteiger partial charge in [0.2, 0.25) is 0 Å². The van der Waals surface area contributed by atoms with Crippen molar-refractivity contribution in [3.63, 3.8) is 0 Å². The minimum absolute atomic E-state index is 0.0330. The summed E-state index contributed by atoms with van der Waals surface area (Å²) in [7, 11) is 0. The van der Waals surface area contributed by atoms with Crippen LogP contribution < -0.4 is 5.32 Å². The maximum Gasteiger partial charge on any atom is 0.306 e. The molecule has 0 unspecified atom stereocenters. The van der Waals surface area contributed by atoms with Crippen LogP contribution in [0.25, 0.3) is 0 Å². The quantitative estimate of drug-likeness (QED) is 0.466. The Balaban J connectivity index is 1.65. The molecule has 1 aromatic rings. The molecule has 5 nitrogen and oxygen atoms in total. The first-order chi connectivity index (χ1) is 12.0. The summed E-state index contributed by atoms with van der Waals surface area (Å²) < 4.78 is 17.7. The van der Waals surface area contributed by atoms with Gasteiger partial charge in [-0.15, -0.1) is 0 Å². The number of nitrogens with one attached hydrogen (secondary N) is 1. The van der Waals surface area contributed by atoms with Crippen LogP contribution in [0.1, 0.15) is 61.7 Å². The molecule has 0 radical (unpaired) electrons. The molecule has 1 aliphatic carbocycles. The number of amides is 1. The topological polar surface area (TPSA) is 72.5 Å². The van der Waals surface area contributed by atoms with Crippen LogP contribution in [0.4, 0.5) is 4.39 Å². The van der Waals surface area contributed by atoms with E-state index in [9.17, 15) is 18.8 Å². The monoisotopic (exact) mass is 349 g/mol. The second kappa shape index (κ2) is 9.91. The number of carbonyl (C=O) groups is 3. The number of ketones is 1. The van der Waals surface area contributed by atoms with Gasteiger partial charge >= 0.3 is 5.97 Å². The third-order valence-electron chi connectivity index (χ3n) is 4.31. The second-order valence-corrected chi connectivity index (χ2v) is 6.35. The fraction of sp³-hybridized carbons (Fsp3) is 0.526. The molecule has 2 rings (SSSR count). The van der Waals surface area contributed by atoms with E-state index < -0.39 is 11.8 Å². The molecule has 0 saturated heterocycles. The van der Waals surface area contributed by atoms with E-state index in [0.29, 0.717) is 5.56 Å². The van der Waals surface area contributed by atoms with Crippen molar-refractivity contribution in [1.82, 2.24) is 5.32 Å². The molecule has 1 amide bonds. The highest BCUT2D eigenvalue weighted by Gasteiger charge is 2.16. The zero-order valence-corrected chi connectivity index (χ0v) is 14.3. The average molecular weight is 349 g/mol. The summed E-state index contributed by atoms with van der Waals surface area (Å²) in [5.74, 6) is -1.58. The van der Waals surface area contributed by atoms with Gasteiger partial charge < -0.3 is 10.1 Å². The lowest BCUT2D eigenvalue weighted by molar-refractivity contribution is -0.148. The Labute approximate surface area is 146 Å². The van der Waals surface area contributed by atoms with Crippen LogP contribution in [-0.4, -0.2) is 30.3 Å². The van der Waals surface area contributed by atoms with Crippen molar-refractivity contribution in [3.8, 4) is 0 Å². The predicted molar refractivity (Wildman–Crippen MR) is 90.6 cm³/mol.